The summed E-state index contributed by atoms with van der Waals surface area (Å²) in [7, 11) is 0. The number of nitrogens with one attached hydrogen (secondary N) is 1. The third-order valence-corrected chi connectivity index (χ3v) is 4.79. The number of nitro groups is 1. The normalized spacial score (nSPS) is 11.6. The summed E-state index contributed by atoms with van der Waals surface area (Å²) >= 11 is 1.61. The zero-order chi connectivity index (χ0) is 18.7. The fourth-order valence-electron chi connectivity index (χ4n) is 2.63. The molecular formula is C19H16N4O2S. The van der Waals surface area contributed by atoms with Crippen molar-refractivity contribution in [2.45, 2.75) is 19.9 Å². The van der Waals surface area contributed by atoms with Gasteiger partial charge in [-0.3, -0.25) is 10.1 Å². The quantitative estimate of drug-likeness (QED) is 0.504. The summed E-state index contributed by atoms with van der Waals surface area (Å²) < 4.78 is 0. The molecule has 0 spiro atoms. The first-order valence-electron chi connectivity index (χ1n) is 7.95. The molecule has 3 aromatic rings. The first-order valence-corrected chi connectivity index (χ1v) is 8.83. The first-order chi connectivity index (χ1) is 12.5. The van der Waals surface area contributed by atoms with Gasteiger partial charge in [0.25, 0.3) is 5.69 Å². The fourth-order valence-corrected chi connectivity index (χ4v) is 3.25. The first kappa shape index (κ1) is 17.6. The Bertz CT molecular complexity index is 990. The molecule has 1 N–H and O–H groups in total. The second kappa shape index (κ2) is 7.33. The lowest BCUT2D eigenvalue weighted by atomic mass is 10.0. The van der Waals surface area contributed by atoms with Gasteiger partial charge in [0, 0.05) is 23.1 Å². The Labute approximate surface area is 154 Å². The van der Waals surface area contributed by atoms with Crippen LogP contribution in [-0.4, -0.2) is 9.91 Å². The predicted molar refractivity (Wildman–Crippen MR) is 102 cm³/mol. The second-order valence-corrected chi connectivity index (χ2v) is 6.90. The number of aromatic nitrogens is 1. The van der Waals surface area contributed by atoms with Crippen molar-refractivity contribution >= 4 is 22.7 Å². The summed E-state index contributed by atoms with van der Waals surface area (Å²) in [5.74, 6) is 0. The maximum Gasteiger partial charge on any atom is 0.293 e. The maximum atomic E-state index is 11.3. The number of thiazole rings is 1. The molecule has 0 aliphatic rings. The molecule has 0 unspecified atom stereocenters. The minimum absolute atomic E-state index is 0.106. The topological polar surface area (TPSA) is 91.8 Å². The van der Waals surface area contributed by atoms with Gasteiger partial charge in [-0.1, -0.05) is 24.3 Å². The summed E-state index contributed by atoms with van der Waals surface area (Å²) in [6.45, 7) is 3.91. The molecular weight excluding hydrogens is 348 g/mol. The molecule has 7 heteroatoms. The number of hydrogen-bond donors (Lipinski definition) is 1. The summed E-state index contributed by atoms with van der Waals surface area (Å²) in [5, 5.41) is 26.4. The van der Waals surface area contributed by atoms with E-state index in [1.165, 1.54) is 6.07 Å². The van der Waals surface area contributed by atoms with Gasteiger partial charge in [0.15, 0.2) is 0 Å². The van der Waals surface area contributed by atoms with Gasteiger partial charge in [0.2, 0.25) is 0 Å². The summed E-state index contributed by atoms with van der Waals surface area (Å²) in [6, 6.07) is 14.2. The minimum atomic E-state index is -0.483. The van der Waals surface area contributed by atoms with E-state index in [4.69, 9.17) is 5.26 Å². The van der Waals surface area contributed by atoms with E-state index in [9.17, 15) is 10.1 Å². The molecule has 6 nitrogen and oxygen atoms in total. The van der Waals surface area contributed by atoms with E-state index < -0.39 is 4.92 Å². The number of hydrogen-bond acceptors (Lipinski definition) is 6. The maximum absolute atomic E-state index is 11.3. The van der Waals surface area contributed by atoms with Crippen LogP contribution in [0, 0.1) is 28.4 Å². The Morgan fingerprint density at radius 2 is 2.00 bits per heavy atom. The molecule has 26 heavy (non-hydrogen) atoms. The van der Waals surface area contributed by atoms with Crippen LogP contribution in [0.1, 0.15) is 29.1 Å². The SMILES string of the molecule is Cc1nc(-c2ccc([C@@H](C)Nc3ccc(C#N)cc3[N+](=O)[O-])cc2)cs1. The highest BCUT2D eigenvalue weighted by molar-refractivity contribution is 7.09. The average Bonchev–Trinajstić information content (AvgIpc) is 3.08. The van der Waals surface area contributed by atoms with Gasteiger partial charge >= 0.3 is 0 Å². The Morgan fingerprint density at radius 3 is 2.58 bits per heavy atom. The number of nitriles is 1. The number of anilines is 1. The lowest BCUT2D eigenvalue weighted by molar-refractivity contribution is -0.384. The van der Waals surface area contributed by atoms with Gasteiger partial charge in [-0.15, -0.1) is 11.3 Å². The Morgan fingerprint density at radius 1 is 1.27 bits per heavy atom. The summed E-state index contributed by atoms with van der Waals surface area (Å²) in [5.41, 5.74) is 3.53. The van der Waals surface area contributed by atoms with Crippen molar-refractivity contribution in [3.8, 4) is 17.3 Å². The number of rotatable bonds is 5. The van der Waals surface area contributed by atoms with Crippen LogP contribution in [0.5, 0.6) is 0 Å². The van der Waals surface area contributed by atoms with Crippen LogP contribution in [0.2, 0.25) is 0 Å². The number of nitro benzene ring substituents is 1. The van der Waals surface area contributed by atoms with E-state index >= 15 is 0 Å². The predicted octanol–water partition coefficient (Wildman–Crippen LogP) is 5.07. The van der Waals surface area contributed by atoms with E-state index in [2.05, 4.69) is 10.3 Å². The molecule has 0 bridgehead atoms. The molecule has 0 aliphatic heterocycles. The van der Waals surface area contributed by atoms with Crippen molar-refractivity contribution in [3.05, 3.63) is 74.1 Å². The Balaban J connectivity index is 1.81. The van der Waals surface area contributed by atoms with Crippen molar-refractivity contribution in [2.24, 2.45) is 0 Å². The van der Waals surface area contributed by atoms with Crippen LogP contribution < -0.4 is 5.32 Å². The molecule has 1 atom stereocenters. The van der Waals surface area contributed by atoms with E-state index in [-0.39, 0.29) is 17.3 Å². The van der Waals surface area contributed by atoms with E-state index in [0.29, 0.717) is 5.69 Å². The zero-order valence-corrected chi connectivity index (χ0v) is 15.1. The number of aryl methyl sites for hydroxylation is 1. The molecule has 0 amide bonds. The smallest absolute Gasteiger partial charge is 0.293 e. The van der Waals surface area contributed by atoms with Crippen molar-refractivity contribution in [2.75, 3.05) is 5.32 Å². The minimum Gasteiger partial charge on any atom is -0.373 e. The van der Waals surface area contributed by atoms with E-state index in [0.717, 1.165) is 21.8 Å². The second-order valence-electron chi connectivity index (χ2n) is 5.84. The highest BCUT2D eigenvalue weighted by Gasteiger charge is 2.17. The summed E-state index contributed by atoms with van der Waals surface area (Å²) in [4.78, 5) is 15.3. The van der Waals surface area contributed by atoms with Crippen molar-refractivity contribution < 1.29 is 4.92 Å². The van der Waals surface area contributed by atoms with Gasteiger partial charge in [-0.2, -0.15) is 5.26 Å². The molecule has 0 radical (unpaired) electrons. The molecule has 0 fully saturated rings. The van der Waals surface area contributed by atoms with Crippen LogP contribution >= 0.6 is 11.3 Å². The molecule has 0 aliphatic carbocycles. The fraction of sp³-hybridized carbons (Fsp3) is 0.158. The molecule has 3 rings (SSSR count). The van der Waals surface area contributed by atoms with Crippen molar-refractivity contribution in [1.82, 2.24) is 4.98 Å². The highest BCUT2D eigenvalue weighted by atomic mass is 32.1. The van der Waals surface area contributed by atoms with Crippen LogP contribution in [-0.2, 0) is 0 Å². The largest absolute Gasteiger partial charge is 0.373 e. The van der Waals surface area contributed by atoms with Crippen molar-refractivity contribution in [3.63, 3.8) is 0 Å². The third-order valence-electron chi connectivity index (χ3n) is 4.02. The van der Waals surface area contributed by atoms with Crippen LogP contribution in [0.4, 0.5) is 11.4 Å². The standard InChI is InChI=1S/C19H16N4O2S/c1-12(21-17-8-3-14(10-20)9-19(17)23(24)25)15-4-6-16(7-5-15)18-11-26-13(2)22-18/h3-9,11-12,21H,1-2H3/t12-/m1/s1. The molecule has 1 aromatic heterocycles. The van der Waals surface area contributed by atoms with Crippen LogP contribution in [0.25, 0.3) is 11.3 Å². The third kappa shape index (κ3) is 3.71. The highest BCUT2D eigenvalue weighted by Crippen LogP contribution is 2.30. The molecule has 1 heterocycles. The monoisotopic (exact) mass is 364 g/mol. The van der Waals surface area contributed by atoms with Gasteiger partial charge in [0.05, 0.1) is 27.3 Å². The van der Waals surface area contributed by atoms with Gasteiger partial charge in [0.1, 0.15) is 5.69 Å². The van der Waals surface area contributed by atoms with Gasteiger partial charge in [-0.25, -0.2) is 4.98 Å². The Kier molecular flexibility index (Phi) is 4.96. The molecule has 2 aromatic carbocycles. The number of benzene rings is 2. The molecule has 0 saturated carbocycles. The number of nitrogens with zero attached hydrogens (tertiary/aromatic N) is 3. The Hall–Kier alpha value is -3.24. The molecule has 130 valence electrons. The van der Waals surface area contributed by atoms with Gasteiger partial charge in [-0.05, 0) is 31.5 Å². The lowest BCUT2D eigenvalue weighted by Gasteiger charge is -2.16. The van der Waals surface area contributed by atoms with Crippen molar-refractivity contribution in [1.29, 1.82) is 5.26 Å². The van der Waals surface area contributed by atoms with E-state index in [1.807, 2.05) is 49.6 Å². The van der Waals surface area contributed by atoms with Crippen LogP contribution in [0.15, 0.2) is 47.8 Å². The average molecular weight is 364 g/mol. The zero-order valence-electron chi connectivity index (χ0n) is 14.3. The summed E-state index contributed by atoms with van der Waals surface area (Å²) in [6.07, 6.45) is 0. The lowest BCUT2D eigenvalue weighted by Crippen LogP contribution is -2.08. The van der Waals surface area contributed by atoms with E-state index in [1.54, 1.807) is 23.5 Å². The van der Waals surface area contributed by atoms with Crippen LogP contribution in [0.3, 0.4) is 0 Å². The molecule has 0 saturated heterocycles. The van der Waals surface area contributed by atoms with Gasteiger partial charge < -0.3 is 5.32 Å².